The van der Waals surface area contributed by atoms with Crippen molar-refractivity contribution in [3.8, 4) is 5.69 Å². The van der Waals surface area contributed by atoms with Gasteiger partial charge in [-0.05, 0) is 86.1 Å². The first-order chi connectivity index (χ1) is 17.3. The molecule has 6 rings (SSSR count). The van der Waals surface area contributed by atoms with Crippen molar-refractivity contribution in [2.24, 2.45) is 5.41 Å². The Hall–Kier alpha value is -3.32. The van der Waals surface area contributed by atoms with Crippen molar-refractivity contribution >= 4 is 12.0 Å². The second kappa shape index (κ2) is 8.37. The van der Waals surface area contributed by atoms with Crippen LogP contribution in [-0.4, -0.2) is 44.4 Å². The lowest BCUT2D eigenvalue weighted by Gasteiger charge is -2.42. The van der Waals surface area contributed by atoms with Gasteiger partial charge in [0.05, 0.1) is 28.7 Å². The average molecular weight is 490 g/mol. The minimum Gasteiger partial charge on any atom is -0.389 e. The van der Waals surface area contributed by atoms with E-state index < -0.39 is 16.8 Å². The normalized spacial score (nSPS) is 24.7. The van der Waals surface area contributed by atoms with Gasteiger partial charge in [-0.3, -0.25) is 4.79 Å². The first-order valence-corrected chi connectivity index (χ1v) is 12.6. The van der Waals surface area contributed by atoms with Crippen molar-refractivity contribution in [2.75, 3.05) is 13.1 Å². The van der Waals surface area contributed by atoms with Crippen LogP contribution in [-0.2, 0) is 12.8 Å². The zero-order valence-corrected chi connectivity index (χ0v) is 20.3. The number of aryl methyl sites for hydroxylation is 1. The number of benzene rings is 2. The third kappa shape index (κ3) is 3.52. The van der Waals surface area contributed by atoms with Crippen molar-refractivity contribution in [3.05, 3.63) is 88.3 Å². The number of carbonyl (C=O) groups is 1. The summed E-state index contributed by atoms with van der Waals surface area (Å²) in [4.78, 5) is 14.6. The number of halogens is 2. The number of hydrogen-bond donors (Lipinski definition) is 1. The van der Waals surface area contributed by atoms with Crippen molar-refractivity contribution in [3.63, 3.8) is 0 Å². The van der Waals surface area contributed by atoms with Crippen LogP contribution in [0.1, 0.15) is 59.8 Å². The maximum atomic E-state index is 14.7. The third-order valence-corrected chi connectivity index (χ3v) is 8.62. The Kier molecular flexibility index (Phi) is 5.37. The number of likely N-dealkylation sites (tertiary alicyclic amines) is 1. The predicted molar refractivity (Wildman–Crippen MR) is 133 cm³/mol. The Morgan fingerprint density at radius 3 is 2.64 bits per heavy atom. The van der Waals surface area contributed by atoms with E-state index in [0.717, 1.165) is 35.4 Å². The molecular formula is C29H29F2N3O2. The summed E-state index contributed by atoms with van der Waals surface area (Å²) in [7, 11) is 0. The second-order valence-electron chi connectivity index (χ2n) is 10.6. The monoisotopic (exact) mass is 489 g/mol. The van der Waals surface area contributed by atoms with E-state index in [-0.39, 0.29) is 17.3 Å². The van der Waals surface area contributed by atoms with Gasteiger partial charge in [0, 0.05) is 18.5 Å². The summed E-state index contributed by atoms with van der Waals surface area (Å²) in [5.74, 6) is -1.04. The fourth-order valence-electron chi connectivity index (χ4n) is 6.15. The van der Waals surface area contributed by atoms with E-state index in [1.54, 1.807) is 29.2 Å². The fraction of sp³-hybridized carbons (Fsp3) is 0.379. The maximum absolute atomic E-state index is 14.7. The number of amides is 1. The molecule has 36 heavy (non-hydrogen) atoms. The van der Waals surface area contributed by atoms with Gasteiger partial charge >= 0.3 is 0 Å². The molecule has 0 spiro atoms. The van der Waals surface area contributed by atoms with Crippen LogP contribution in [0.25, 0.3) is 11.8 Å². The number of aliphatic hydroxyl groups is 1. The first kappa shape index (κ1) is 23.1. The Morgan fingerprint density at radius 2 is 1.92 bits per heavy atom. The molecule has 5 nitrogen and oxygen atoms in total. The Balaban J connectivity index is 1.27. The predicted octanol–water partition coefficient (Wildman–Crippen LogP) is 5.10. The minimum absolute atomic E-state index is 0.145. The molecule has 2 heterocycles. The summed E-state index contributed by atoms with van der Waals surface area (Å²) in [5, 5.41) is 16.5. The van der Waals surface area contributed by atoms with E-state index in [0.29, 0.717) is 44.3 Å². The molecule has 2 aliphatic carbocycles. The van der Waals surface area contributed by atoms with Gasteiger partial charge in [0.25, 0.3) is 5.91 Å². The second-order valence-corrected chi connectivity index (χ2v) is 10.6. The lowest BCUT2D eigenvalue weighted by molar-refractivity contribution is -0.0462. The van der Waals surface area contributed by atoms with E-state index in [1.807, 2.05) is 10.9 Å². The van der Waals surface area contributed by atoms with Crippen LogP contribution in [0.15, 0.2) is 54.2 Å². The lowest BCUT2D eigenvalue weighted by Crippen LogP contribution is -2.45. The summed E-state index contributed by atoms with van der Waals surface area (Å²) in [6, 6.07) is 11.0. The molecule has 3 aliphatic rings. The highest BCUT2D eigenvalue weighted by molar-refractivity contribution is 5.96. The summed E-state index contributed by atoms with van der Waals surface area (Å²) >= 11 is 0. The number of nitrogens with zero attached hydrogens (tertiary/aromatic N) is 3. The quantitative estimate of drug-likeness (QED) is 0.543. The van der Waals surface area contributed by atoms with Gasteiger partial charge in [-0.2, -0.15) is 5.10 Å². The molecule has 7 heteroatoms. The Labute approximate surface area is 209 Å². The highest BCUT2D eigenvalue weighted by Gasteiger charge is 2.54. The van der Waals surface area contributed by atoms with E-state index in [4.69, 9.17) is 0 Å². The number of aromatic nitrogens is 2. The molecule has 1 saturated heterocycles. The maximum Gasteiger partial charge on any atom is 0.257 e. The van der Waals surface area contributed by atoms with E-state index >= 15 is 0 Å². The molecule has 0 unspecified atom stereocenters. The molecule has 2 fully saturated rings. The van der Waals surface area contributed by atoms with Gasteiger partial charge < -0.3 is 10.0 Å². The van der Waals surface area contributed by atoms with E-state index in [9.17, 15) is 18.7 Å². The average Bonchev–Trinajstić information content (AvgIpc) is 3.33. The van der Waals surface area contributed by atoms with Crippen LogP contribution < -0.4 is 0 Å². The highest BCUT2D eigenvalue weighted by Crippen LogP contribution is 2.57. The topological polar surface area (TPSA) is 58.4 Å². The molecule has 1 saturated carbocycles. The summed E-state index contributed by atoms with van der Waals surface area (Å²) in [5.41, 5.74) is 3.28. The summed E-state index contributed by atoms with van der Waals surface area (Å²) < 4.78 is 30.0. The zero-order chi connectivity index (χ0) is 25.1. The van der Waals surface area contributed by atoms with Gasteiger partial charge in [0.15, 0.2) is 0 Å². The number of hydrogen-bond acceptors (Lipinski definition) is 3. The minimum atomic E-state index is -0.988. The van der Waals surface area contributed by atoms with E-state index in [1.165, 1.54) is 18.2 Å². The summed E-state index contributed by atoms with van der Waals surface area (Å²) in [6.07, 6.45) is 7.75. The van der Waals surface area contributed by atoms with Gasteiger partial charge in [-0.1, -0.05) is 24.6 Å². The van der Waals surface area contributed by atoms with Crippen molar-refractivity contribution in [2.45, 2.75) is 51.0 Å². The van der Waals surface area contributed by atoms with Crippen molar-refractivity contribution < 1.29 is 18.7 Å². The highest BCUT2D eigenvalue weighted by atomic mass is 19.1. The molecule has 2 atom stereocenters. The fourth-order valence-corrected chi connectivity index (χ4v) is 6.15. The number of fused-ring (bicyclic) bond motifs is 2. The van der Waals surface area contributed by atoms with Crippen molar-refractivity contribution in [1.82, 2.24) is 14.7 Å². The molecule has 1 N–H and O–H groups in total. The number of carbonyl (C=O) groups excluding carboxylic acids is 1. The molecule has 0 bridgehead atoms. The molecule has 3 aromatic rings. The van der Waals surface area contributed by atoms with Crippen LogP contribution in [0.3, 0.4) is 0 Å². The largest absolute Gasteiger partial charge is 0.389 e. The van der Waals surface area contributed by atoms with Gasteiger partial charge in [-0.15, -0.1) is 0 Å². The summed E-state index contributed by atoms with van der Waals surface area (Å²) in [6.45, 7) is 3.43. The van der Waals surface area contributed by atoms with Crippen LogP contribution in [0, 0.1) is 17.0 Å². The smallest absolute Gasteiger partial charge is 0.257 e. The lowest BCUT2D eigenvalue weighted by atomic mass is 9.65. The van der Waals surface area contributed by atoms with Crippen molar-refractivity contribution in [1.29, 1.82) is 0 Å². The molecule has 2 aromatic carbocycles. The molecule has 186 valence electrons. The molecule has 0 radical (unpaired) electrons. The van der Waals surface area contributed by atoms with Gasteiger partial charge in [-0.25, -0.2) is 13.5 Å². The van der Waals surface area contributed by atoms with Crippen LogP contribution >= 0.6 is 0 Å². The van der Waals surface area contributed by atoms with Crippen LogP contribution in [0.2, 0.25) is 0 Å². The standard InChI is InChI=1S/C29H29F2N3O2/c1-28-17-20-18-32-34(23-8-6-22(30)7-9-23)25(20)16-21(28)11-13-29(28,36)12-10-19-4-2-5-24(31)26(19)27(35)33-14-3-15-33/h2,4-9,16,18,36H,3,10-15,17H2,1H3/t28-,29-/m0/s1. The van der Waals surface area contributed by atoms with Gasteiger partial charge in [0.1, 0.15) is 11.6 Å². The molecule has 1 amide bonds. The number of rotatable bonds is 5. The molecule has 1 aromatic heterocycles. The first-order valence-electron chi connectivity index (χ1n) is 12.6. The third-order valence-electron chi connectivity index (χ3n) is 8.62. The Bertz CT molecular complexity index is 1380. The van der Waals surface area contributed by atoms with Crippen LogP contribution in [0.4, 0.5) is 8.78 Å². The molecule has 1 aliphatic heterocycles. The van der Waals surface area contributed by atoms with Gasteiger partial charge in [0.2, 0.25) is 0 Å². The zero-order valence-electron chi connectivity index (χ0n) is 20.3. The van der Waals surface area contributed by atoms with E-state index in [2.05, 4.69) is 18.1 Å². The Morgan fingerprint density at radius 1 is 1.14 bits per heavy atom. The molecular weight excluding hydrogens is 460 g/mol. The van der Waals surface area contributed by atoms with Crippen LogP contribution in [0.5, 0.6) is 0 Å². The SMILES string of the molecule is C[C@]12Cc3cnn(-c4ccc(F)cc4)c3C=C1CC[C@@]2(O)CCc1cccc(F)c1C(=O)N1CCC1.